The van der Waals surface area contributed by atoms with Gasteiger partial charge in [-0.3, -0.25) is 0 Å². The van der Waals surface area contributed by atoms with E-state index in [4.69, 9.17) is 9.84 Å². The number of phenolic OH excluding ortho intramolecular Hbond substituents is 1. The Labute approximate surface area is 102 Å². The summed E-state index contributed by atoms with van der Waals surface area (Å²) in [6.45, 7) is 5.74. The third kappa shape index (κ3) is 4.31. The second kappa shape index (κ2) is 6.74. The third-order valence-electron chi connectivity index (χ3n) is 2.47. The molecule has 3 nitrogen and oxygen atoms in total. The summed E-state index contributed by atoms with van der Waals surface area (Å²) in [5, 5.41) is 9.11. The van der Waals surface area contributed by atoms with Gasteiger partial charge in [0.2, 0.25) is 0 Å². The van der Waals surface area contributed by atoms with Crippen LogP contribution in [0.1, 0.15) is 36.5 Å². The van der Waals surface area contributed by atoms with E-state index in [0.717, 1.165) is 19.3 Å². The largest absolute Gasteiger partial charge is 0.508 e. The molecule has 1 aromatic carbocycles. The van der Waals surface area contributed by atoms with E-state index in [-0.39, 0.29) is 17.8 Å². The number of unbranched alkanes of at least 4 members (excludes halogenated alkanes) is 1. The van der Waals surface area contributed by atoms with Crippen LogP contribution in [0.2, 0.25) is 0 Å². The fourth-order valence-electron chi connectivity index (χ4n) is 1.43. The molecule has 0 aromatic heterocycles. The lowest BCUT2D eigenvalue weighted by Crippen LogP contribution is -2.15. The lowest BCUT2D eigenvalue weighted by molar-refractivity contribution is 0.0377. The summed E-state index contributed by atoms with van der Waals surface area (Å²) in [4.78, 5) is 11.7. The number of carbonyl (C=O) groups is 1. The minimum Gasteiger partial charge on any atom is -0.508 e. The van der Waals surface area contributed by atoms with Gasteiger partial charge in [-0.15, -0.1) is 0 Å². The van der Waals surface area contributed by atoms with Gasteiger partial charge < -0.3 is 9.84 Å². The summed E-state index contributed by atoms with van der Waals surface area (Å²) in [5.41, 5.74) is 0.436. The average Bonchev–Trinajstić information content (AvgIpc) is 2.35. The van der Waals surface area contributed by atoms with Gasteiger partial charge in [-0.1, -0.05) is 26.0 Å². The van der Waals surface area contributed by atoms with Gasteiger partial charge in [-0.05, 0) is 37.1 Å². The summed E-state index contributed by atoms with van der Waals surface area (Å²) in [6, 6.07) is 6.01. The van der Waals surface area contributed by atoms with Gasteiger partial charge >= 0.3 is 5.97 Å². The van der Waals surface area contributed by atoms with Crippen molar-refractivity contribution in [3.8, 4) is 5.75 Å². The van der Waals surface area contributed by atoms with E-state index >= 15 is 0 Å². The number of carbonyl (C=O) groups excluding carboxylic acids is 1. The van der Waals surface area contributed by atoms with E-state index in [9.17, 15) is 4.79 Å². The Morgan fingerprint density at radius 3 is 2.65 bits per heavy atom. The van der Waals surface area contributed by atoms with Gasteiger partial charge in [-0.2, -0.15) is 0 Å². The molecule has 1 rings (SSSR count). The van der Waals surface area contributed by atoms with E-state index in [1.807, 2.05) is 0 Å². The zero-order valence-corrected chi connectivity index (χ0v) is 10.1. The molecule has 0 radical (unpaired) electrons. The maximum absolute atomic E-state index is 11.7. The number of hydrogen-bond acceptors (Lipinski definition) is 3. The predicted octanol–water partition coefficient (Wildman–Crippen LogP) is 3.29. The van der Waals surface area contributed by atoms with Crippen molar-refractivity contribution in [2.75, 3.05) is 0 Å². The zero-order valence-electron chi connectivity index (χ0n) is 10.1. The van der Waals surface area contributed by atoms with Crippen LogP contribution in [0.15, 0.2) is 36.9 Å². The second-order valence-corrected chi connectivity index (χ2v) is 3.87. The molecule has 0 spiro atoms. The smallest absolute Gasteiger partial charge is 0.338 e. The summed E-state index contributed by atoms with van der Waals surface area (Å²) in [7, 11) is 0. The Balaban J connectivity index is 2.57. The molecule has 0 aliphatic heterocycles. The molecular formula is C14H18O3. The molecule has 1 unspecified atom stereocenters. The summed E-state index contributed by atoms with van der Waals surface area (Å²) in [5.74, 6) is -0.251. The highest BCUT2D eigenvalue weighted by molar-refractivity contribution is 5.89. The van der Waals surface area contributed by atoms with Crippen LogP contribution < -0.4 is 0 Å². The molecular weight excluding hydrogens is 216 g/mol. The SMILES string of the molecule is C=CC(CCCC)OC(=O)c1ccc(O)cc1. The number of phenols is 1. The van der Waals surface area contributed by atoms with Gasteiger partial charge in [0, 0.05) is 0 Å². The number of esters is 1. The van der Waals surface area contributed by atoms with Crippen molar-refractivity contribution in [2.45, 2.75) is 32.3 Å². The number of benzene rings is 1. The van der Waals surface area contributed by atoms with Crippen LogP contribution in [0, 0.1) is 0 Å². The van der Waals surface area contributed by atoms with Gasteiger partial charge in [0.25, 0.3) is 0 Å². The lowest BCUT2D eigenvalue weighted by atomic mass is 10.1. The van der Waals surface area contributed by atoms with E-state index in [2.05, 4.69) is 13.5 Å². The minimum atomic E-state index is -0.383. The minimum absolute atomic E-state index is 0.132. The first-order chi connectivity index (χ1) is 8.17. The Bertz CT molecular complexity index is 368. The molecule has 0 aliphatic carbocycles. The monoisotopic (exact) mass is 234 g/mol. The van der Waals surface area contributed by atoms with Crippen LogP contribution in [0.5, 0.6) is 5.75 Å². The Morgan fingerprint density at radius 2 is 2.12 bits per heavy atom. The maximum Gasteiger partial charge on any atom is 0.338 e. The first kappa shape index (κ1) is 13.3. The van der Waals surface area contributed by atoms with Gasteiger partial charge in [-0.25, -0.2) is 4.79 Å². The zero-order chi connectivity index (χ0) is 12.7. The normalized spacial score (nSPS) is 11.8. The lowest BCUT2D eigenvalue weighted by Gasteiger charge is -2.13. The van der Waals surface area contributed by atoms with Gasteiger partial charge in [0.1, 0.15) is 11.9 Å². The van der Waals surface area contributed by atoms with E-state index in [1.165, 1.54) is 24.3 Å². The molecule has 17 heavy (non-hydrogen) atoms. The predicted molar refractivity (Wildman–Crippen MR) is 67.0 cm³/mol. The second-order valence-electron chi connectivity index (χ2n) is 3.87. The molecule has 0 heterocycles. The first-order valence-corrected chi connectivity index (χ1v) is 5.80. The standard InChI is InChI=1S/C14H18O3/c1-3-5-6-13(4-2)17-14(16)11-7-9-12(15)10-8-11/h4,7-10,13,15H,2-3,5-6H2,1H3. The molecule has 0 bridgehead atoms. The van der Waals surface area contributed by atoms with E-state index < -0.39 is 0 Å². The van der Waals surface area contributed by atoms with E-state index in [1.54, 1.807) is 6.08 Å². The van der Waals surface area contributed by atoms with Crippen molar-refractivity contribution in [3.63, 3.8) is 0 Å². The van der Waals surface area contributed by atoms with Crippen LogP contribution in [-0.2, 0) is 4.74 Å². The molecule has 0 aliphatic rings. The van der Waals surface area contributed by atoms with Crippen LogP contribution in [0.3, 0.4) is 0 Å². The van der Waals surface area contributed by atoms with Crippen molar-refractivity contribution < 1.29 is 14.6 Å². The van der Waals surface area contributed by atoms with Gasteiger partial charge in [0.15, 0.2) is 0 Å². The number of hydrogen-bond donors (Lipinski definition) is 1. The van der Waals surface area contributed by atoms with Crippen molar-refractivity contribution in [2.24, 2.45) is 0 Å². The Morgan fingerprint density at radius 1 is 1.47 bits per heavy atom. The van der Waals surface area contributed by atoms with Crippen LogP contribution in [-0.4, -0.2) is 17.2 Å². The number of aromatic hydroxyl groups is 1. The molecule has 1 N–H and O–H groups in total. The number of rotatable bonds is 6. The van der Waals surface area contributed by atoms with Crippen molar-refractivity contribution in [3.05, 3.63) is 42.5 Å². The molecule has 3 heteroatoms. The fourth-order valence-corrected chi connectivity index (χ4v) is 1.43. The molecule has 0 amide bonds. The summed E-state index contributed by atoms with van der Waals surface area (Å²) in [6.07, 6.45) is 4.26. The molecule has 0 fully saturated rings. The van der Waals surface area contributed by atoms with E-state index in [0.29, 0.717) is 5.56 Å². The maximum atomic E-state index is 11.7. The van der Waals surface area contributed by atoms with Crippen molar-refractivity contribution >= 4 is 5.97 Å². The van der Waals surface area contributed by atoms with Gasteiger partial charge in [0.05, 0.1) is 5.56 Å². The average molecular weight is 234 g/mol. The third-order valence-corrected chi connectivity index (χ3v) is 2.47. The highest BCUT2D eigenvalue weighted by Crippen LogP contribution is 2.13. The highest BCUT2D eigenvalue weighted by atomic mass is 16.5. The highest BCUT2D eigenvalue weighted by Gasteiger charge is 2.12. The first-order valence-electron chi connectivity index (χ1n) is 5.80. The number of ether oxygens (including phenoxy) is 1. The van der Waals surface area contributed by atoms with Crippen molar-refractivity contribution in [1.82, 2.24) is 0 Å². The molecule has 1 aromatic rings. The molecule has 0 saturated carbocycles. The summed E-state index contributed by atoms with van der Waals surface area (Å²) >= 11 is 0. The molecule has 1 atom stereocenters. The van der Waals surface area contributed by atoms with Crippen LogP contribution in [0.4, 0.5) is 0 Å². The topological polar surface area (TPSA) is 46.5 Å². The van der Waals surface area contributed by atoms with Crippen molar-refractivity contribution in [1.29, 1.82) is 0 Å². The fraction of sp³-hybridized carbons (Fsp3) is 0.357. The molecule has 0 saturated heterocycles. The van der Waals surface area contributed by atoms with Crippen LogP contribution in [0.25, 0.3) is 0 Å². The molecule has 92 valence electrons. The quantitative estimate of drug-likeness (QED) is 0.607. The van der Waals surface area contributed by atoms with Crippen LogP contribution >= 0.6 is 0 Å². The Hall–Kier alpha value is -1.77. The summed E-state index contributed by atoms with van der Waals surface area (Å²) < 4.78 is 5.29. The Kier molecular flexibility index (Phi) is 5.27.